The van der Waals surface area contributed by atoms with Gasteiger partial charge in [-0.05, 0) is 48.7 Å². The minimum atomic E-state index is -1.19. The predicted molar refractivity (Wildman–Crippen MR) is 159 cm³/mol. The van der Waals surface area contributed by atoms with Gasteiger partial charge in [0.2, 0.25) is 24.1 Å². The Hall–Kier alpha value is -4.93. The first-order valence-electron chi connectivity index (χ1n) is 13.8. The molecule has 0 saturated heterocycles. The molecule has 0 aromatic heterocycles. The number of carbonyl (C=O) groups excluding carboxylic acids is 4. The van der Waals surface area contributed by atoms with E-state index in [-0.39, 0.29) is 32.8 Å². The van der Waals surface area contributed by atoms with Gasteiger partial charge < -0.3 is 41.8 Å². The Bertz CT molecular complexity index is 1390. The summed E-state index contributed by atoms with van der Waals surface area (Å²) in [7, 11) is 1.44. The highest BCUT2D eigenvalue weighted by atomic mass is 16.5. The van der Waals surface area contributed by atoms with Gasteiger partial charge in [-0.15, -0.1) is 0 Å². The van der Waals surface area contributed by atoms with Crippen LogP contribution in [0.15, 0.2) is 48.6 Å². The van der Waals surface area contributed by atoms with Gasteiger partial charge in [-0.2, -0.15) is 5.26 Å². The minimum Gasteiger partial charge on any atom is -0.492 e. The van der Waals surface area contributed by atoms with E-state index in [1.807, 2.05) is 18.2 Å². The number of rotatable bonds is 11. The zero-order valence-electron chi connectivity index (χ0n) is 24.2. The van der Waals surface area contributed by atoms with Crippen LogP contribution in [0.5, 0.6) is 11.5 Å². The maximum atomic E-state index is 13.7. The summed E-state index contributed by atoms with van der Waals surface area (Å²) in [6.07, 6.45) is 3.57. The molecular formula is C30H37N7O6. The van der Waals surface area contributed by atoms with Gasteiger partial charge in [0.05, 0.1) is 18.7 Å². The van der Waals surface area contributed by atoms with E-state index in [9.17, 15) is 19.2 Å². The molecule has 43 heavy (non-hydrogen) atoms. The molecular weight excluding hydrogens is 554 g/mol. The molecule has 0 fully saturated rings. The standard InChI is InChI=1S/C30H37N7O6/c1-19-29(40)36-22(4-3-9-31)14-20-5-7-25(42-12-10-32)23(15-20)24-16-21(6-8-26(24)43-13-11-33)28(30(41)35-19)37(2)27(39)17-34-18-38/h3-8,15-16,18-19,22,28H,10-14,17,32-33H2,1-2H3,(H,34,38)(H,35,41)(H,36,40)/b4-3+/t19-,22?,28?/m0/s1. The molecule has 4 amide bonds. The first-order valence-corrected chi connectivity index (χ1v) is 13.8. The lowest BCUT2D eigenvalue weighted by Gasteiger charge is -2.30. The molecule has 0 radical (unpaired) electrons. The van der Waals surface area contributed by atoms with Gasteiger partial charge in [-0.1, -0.05) is 18.2 Å². The summed E-state index contributed by atoms with van der Waals surface area (Å²) in [6, 6.07) is 9.77. The SMILES string of the molecule is C[C@@H]1NC(=O)C(N(C)C(=O)CNC=O)c2ccc(OCCN)c(c2)-c2cc(ccc2OCCN)CC(/C=C/C#N)NC1=O. The van der Waals surface area contributed by atoms with Crippen molar-refractivity contribution in [1.29, 1.82) is 5.26 Å². The summed E-state index contributed by atoms with van der Waals surface area (Å²) in [5, 5.41) is 17.0. The molecule has 2 aromatic carbocycles. The largest absolute Gasteiger partial charge is 0.492 e. The molecule has 0 saturated carbocycles. The van der Waals surface area contributed by atoms with Gasteiger partial charge >= 0.3 is 0 Å². The van der Waals surface area contributed by atoms with E-state index in [1.165, 1.54) is 24.9 Å². The van der Waals surface area contributed by atoms with Crippen molar-refractivity contribution in [3.8, 4) is 28.7 Å². The number of nitrogens with two attached hydrogens (primary N) is 2. The Labute approximate surface area is 250 Å². The molecule has 228 valence electrons. The van der Waals surface area contributed by atoms with E-state index < -0.39 is 35.8 Å². The van der Waals surface area contributed by atoms with Crippen LogP contribution in [0, 0.1) is 11.3 Å². The summed E-state index contributed by atoms with van der Waals surface area (Å²) >= 11 is 0. The van der Waals surface area contributed by atoms with Crippen molar-refractivity contribution in [1.82, 2.24) is 20.9 Å². The number of nitrogens with one attached hydrogen (secondary N) is 3. The number of hydrogen-bond donors (Lipinski definition) is 5. The van der Waals surface area contributed by atoms with Crippen molar-refractivity contribution in [2.24, 2.45) is 11.5 Å². The number of ether oxygens (including phenoxy) is 2. The van der Waals surface area contributed by atoms with Crippen molar-refractivity contribution in [2.45, 2.75) is 31.5 Å². The molecule has 1 aliphatic heterocycles. The van der Waals surface area contributed by atoms with Crippen molar-refractivity contribution >= 4 is 24.1 Å². The average Bonchev–Trinajstić information content (AvgIpc) is 3.00. The number of likely N-dealkylation sites (N-methyl/N-ethyl adjacent to an activating group) is 1. The lowest BCUT2D eigenvalue weighted by molar-refractivity contribution is -0.140. The van der Waals surface area contributed by atoms with E-state index in [0.29, 0.717) is 41.0 Å². The fraction of sp³-hybridized carbons (Fsp3) is 0.367. The van der Waals surface area contributed by atoms with E-state index in [1.54, 1.807) is 30.3 Å². The molecule has 2 unspecified atom stereocenters. The Morgan fingerprint density at radius 3 is 2.35 bits per heavy atom. The Kier molecular flexibility index (Phi) is 12.1. The van der Waals surface area contributed by atoms with Crippen molar-refractivity contribution < 1.29 is 28.7 Å². The number of nitrogens with zero attached hydrogens (tertiary/aromatic N) is 2. The number of amides is 4. The molecule has 1 heterocycles. The highest BCUT2D eigenvalue weighted by molar-refractivity contribution is 5.93. The van der Waals surface area contributed by atoms with Crippen LogP contribution in [0.2, 0.25) is 0 Å². The summed E-state index contributed by atoms with van der Waals surface area (Å²) < 4.78 is 12.0. The monoisotopic (exact) mass is 591 g/mol. The Morgan fingerprint density at radius 2 is 1.72 bits per heavy atom. The van der Waals surface area contributed by atoms with Crippen molar-refractivity contribution in [2.75, 3.05) is 39.9 Å². The van der Waals surface area contributed by atoms with E-state index in [4.69, 9.17) is 26.2 Å². The summed E-state index contributed by atoms with van der Waals surface area (Å²) in [6.45, 7) is 2.17. The van der Waals surface area contributed by atoms with Crippen LogP contribution in [-0.4, -0.2) is 81.0 Å². The second-order valence-corrected chi connectivity index (χ2v) is 9.80. The Balaban J connectivity index is 2.29. The average molecular weight is 592 g/mol. The van der Waals surface area contributed by atoms with E-state index >= 15 is 0 Å². The van der Waals surface area contributed by atoms with Crippen LogP contribution >= 0.6 is 0 Å². The van der Waals surface area contributed by atoms with Gasteiger partial charge in [-0.25, -0.2) is 0 Å². The smallest absolute Gasteiger partial charge is 0.248 e. The van der Waals surface area contributed by atoms with Gasteiger partial charge in [-0.3, -0.25) is 19.2 Å². The van der Waals surface area contributed by atoms with Gasteiger partial charge in [0.1, 0.15) is 36.8 Å². The summed E-state index contributed by atoms with van der Waals surface area (Å²) in [5.74, 6) is -0.678. The van der Waals surface area contributed by atoms with Crippen LogP contribution in [-0.2, 0) is 25.6 Å². The third kappa shape index (κ3) is 8.54. The van der Waals surface area contributed by atoms with E-state index in [0.717, 1.165) is 5.56 Å². The predicted octanol–water partition coefficient (Wildman–Crippen LogP) is -0.101. The molecule has 0 aliphatic carbocycles. The van der Waals surface area contributed by atoms with Crippen molar-refractivity contribution in [3.05, 3.63) is 59.7 Å². The number of hydrogen-bond acceptors (Lipinski definition) is 9. The molecule has 0 spiro atoms. The lowest BCUT2D eigenvalue weighted by Crippen LogP contribution is -2.52. The highest BCUT2D eigenvalue weighted by Crippen LogP contribution is 2.40. The highest BCUT2D eigenvalue weighted by Gasteiger charge is 2.32. The van der Waals surface area contributed by atoms with Crippen LogP contribution in [0.25, 0.3) is 11.1 Å². The van der Waals surface area contributed by atoms with Crippen LogP contribution in [0.3, 0.4) is 0 Å². The normalized spacial score (nSPS) is 18.4. The second kappa shape index (κ2) is 15.9. The number of fused-ring (bicyclic) bond motifs is 5. The molecule has 13 heteroatoms. The van der Waals surface area contributed by atoms with Crippen LogP contribution in [0.1, 0.15) is 24.1 Å². The number of benzene rings is 2. The third-order valence-electron chi connectivity index (χ3n) is 6.71. The Morgan fingerprint density at radius 1 is 1.07 bits per heavy atom. The number of nitriles is 1. The van der Waals surface area contributed by atoms with Crippen molar-refractivity contribution in [3.63, 3.8) is 0 Å². The maximum Gasteiger partial charge on any atom is 0.248 e. The van der Waals surface area contributed by atoms with E-state index in [2.05, 4.69) is 16.0 Å². The first kappa shape index (κ1) is 32.6. The van der Waals surface area contributed by atoms with Gasteiger partial charge in [0.15, 0.2) is 0 Å². The number of allylic oxidation sites excluding steroid dienone is 1. The molecule has 13 nitrogen and oxygen atoms in total. The molecule has 3 rings (SSSR count). The molecule has 4 bridgehead atoms. The van der Waals surface area contributed by atoms with Gasteiger partial charge in [0.25, 0.3) is 0 Å². The summed E-state index contributed by atoms with van der Waals surface area (Å²) in [4.78, 5) is 51.9. The topological polar surface area (TPSA) is 202 Å². The molecule has 7 N–H and O–H groups in total. The third-order valence-corrected chi connectivity index (χ3v) is 6.71. The molecule has 3 atom stereocenters. The first-order chi connectivity index (χ1) is 20.7. The maximum absolute atomic E-state index is 13.7. The molecule has 1 aliphatic rings. The van der Waals surface area contributed by atoms with Crippen LogP contribution in [0.4, 0.5) is 0 Å². The minimum absolute atomic E-state index is 0.218. The fourth-order valence-electron chi connectivity index (χ4n) is 4.63. The quantitative estimate of drug-likeness (QED) is 0.175. The zero-order valence-corrected chi connectivity index (χ0v) is 24.2. The lowest BCUT2D eigenvalue weighted by atomic mass is 9.93. The second-order valence-electron chi connectivity index (χ2n) is 9.80. The fourth-order valence-corrected chi connectivity index (χ4v) is 4.63. The van der Waals surface area contributed by atoms with Gasteiger partial charge in [0, 0.05) is 37.3 Å². The zero-order chi connectivity index (χ0) is 31.4. The van der Waals surface area contributed by atoms with Crippen LogP contribution < -0.4 is 36.9 Å². The molecule has 2 aromatic rings. The summed E-state index contributed by atoms with van der Waals surface area (Å²) in [5.41, 5.74) is 13.9. The number of carbonyl (C=O) groups is 4.